The first-order valence-electron chi connectivity index (χ1n) is 6.59. The minimum Gasteiger partial charge on any atom is -0.472 e. The first-order chi connectivity index (χ1) is 9.07. The fraction of sp³-hybridized carbons (Fsp3) is 0.643. The second-order valence-corrected chi connectivity index (χ2v) is 5.54. The predicted octanol–water partition coefficient (Wildman–Crippen LogP) is 1.76. The van der Waals surface area contributed by atoms with E-state index in [2.05, 4.69) is 29.5 Å². The lowest BCUT2D eigenvalue weighted by Gasteiger charge is -2.51. The molecule has 2 atom stereocenters. The normalized spacial score (nSPS) is 25.8. The van der Waals surface area contributed by atoms with Crippen LogP contribution in [0.2, 0.25) is 0 Å². The van der Waals surface area contributed by atoms with Crippen LogP contribution >= 0.6 is 0 Å². The van der Waals surface area contributed by atoms with E-state index in [1.807, 2.05) is 6.07 Å². The van der Waals surface area contributed by atoms with Crippen LogP contribution in [0.3, 0.4) is 0 Å². The SMILES string of the molecule is CN=C(NCc1ccoc1)NC1CC(OC)C1(C)C. The number of furan rings is 1. The molecule has 2 N–H and O–H groups in total. The highest BCUT2D eigenvalue weighted by atomic mass is 16.5. The van der Waals surface area contributed by atoms with Gasteiger partial charge in [-0.2, -0.15) is 0 Å². The van der Waals surface area contributed by atoms with Crippen LogP contribution in [0.15, 0.2) is 28.0 Å². The summed E-state index contributed by atoms with van der Waals surface area (Å²) in [5.41, 5.74) is 1.23. The Bertz CT molecular complexity index is 426. The van der Waals surface area contributed by atoms with Gasteiger partial charge in [-0.05, 0) is 12.5 Å². The lowest BCUT2D eigenvalue weighted by molar-refractivity contribution is -0.0922. The van der Waals surface area contributed by atoms with Crippen molar-refractivity contribution in [3.63, 3.8) is 0 Å². The molecule has 1 aliphatic rings. The molecular formula is C14H23N3O2. The number of hydrogen-bond acceptors (Lipinski definition) is 3. The van der Waals surface area contributed by atoms with E-state index in [-0.39, 0.29) is 5.41 Å². The number of methoxy groups -OCH3 is 1. The highest BCUT2D eigenvalue weighted by molar-refractivity contribution is 5.80. The van der Waals surface area contributed by atoms with Gasteiger partial charge in [0.2, 0.25) is 0 Å². The van der Waals surface area contributed by atoms with Crippen LogP contribution in [0.1, 0.15) is 25.8 Å². The second kappa shape index (κ2) is 5.65. The molecule has 2 rings (SSSR count). The van der Waals surface area contributed by atoms with E-state index in [4.69, 9.17) is 9.15 Å². The first-order valence-corrected chi connectivity index (χ1v) is 6.59. The maximum Gasteiger partial charge on any atom is 0.191 e. The van der Waals surface area contributed by atoms with Crippen molar-refractivity contribution in [2.24, 2.45) is 10.4 Å². The average Bonchev–Trinajstić information content (AvgIpc) is 2.90. The lowest BCUT2D eigenvalue weighted by Crippen LogP contribution is -2.63. The zero-order valence-electron chi connectivity index (χ0n) is 12.1. The molecule has 0 aromatic carbocycles. The molecule has 1 aliphatic carbocycles. The Morgan fingerprint density at radius 3 is 2.89 bits per heavy atom. The summed E-state index contributed by atoms with van der Waals surface area (Å²) in [4.78, 5) is 4.25. The van der Waals surface area contributed by atoms with Gasteiger partial charge in [-0.1, -0.05) is 13.8 Å². The van der Waals surface area contributed by atoms with Crippen molar-refractivity contribution >= 4 is 5.96 Å². The molecule has 1 aromatic rings. The van der Waals surface area contributed by atoms with Crippen molar-refractivity contribution in [2.45, 2.75) is 39.0 Å². The molecule has 5 nitrogen and oxygen atoms in total. The Balaban J connectivity index is 1.84. The number of aliphatic imine (C=N–C) groups is 1. The molecule has 0 amide bonds. The highest BCUT2D eigenvalue weighted by Gasteiger charge is 2.48. The zero-order chi connectivity index (χ0) is 13.9. The quantitative estimate of drug-likeness (QED) is 0.643. The summed E-state index contributed by atoms with van der Waals surface area (Å²) < 4.78 is 10.5. The average molecular weight is 265 g/mol. The van der Waals surface area contributed by atoms with Gasteiger partial charge < -0.3 is 19.8 Å². The van der Waals surface area contributed by atoms with Crippen LogP contribution in [0.4, 0.5) is 0 Å². The number of guanidine groups is 1. The molecular weight excluding hydrogens is 242 g/mol. The third kappa shape index (κ3) is 2.92. The third-order valence-corrected chi connectivity index (χ3v) is 4.04. The molecule has 0 spiro atoms. The smallest absolute Gasteiger partial charge is 0.191 e. The maximum absolute atomic E-state index is 5.45. The van der Waals surface area contributed by atoms with Gasteiger partial charge in [-0.3, -0.25) is 4.99 Å². The standard InChI is InChI=1S/C14H23N3O2/c1-14(2)11(7-12(14)18-4)17-13(15-3)16-8-10-5-6-19-9-10/h5-6,9,11-12H,7-8H2,1-4H3,(H2,15,16,17). The fourth-order valence-corrected chi connectivity index (χ4v) is 2.47. The van der Waals surface area contributed by atoms with Gasteiger partial charge in [0.15, 0.2) is 5.96 Å². The van der Waals surface area contributed by atoms with E-state index >= 15 is 0 Å². The molecule has 2 unspecified atom stereocenters. The Morgan fingerprint density at radius 2 is 2.37 bits per heavy atom. The largest absolute Gasteiger partial charge is 0.472 e. The molecule has 1 saturated carbocycles. The van der Waals surface area contributed by atoms with Gasteiger partial charge in [0, 0.05) is 37.7 Å². The molecule has 19 heavy (non-hydrogen) atoms. The number of rotatable bonds is 4. The third-order valence-electron chi connectivity index (χ3n) is 4.04. The van der Waals surface area contributed by atoms with Crippen LogP contribution < -0.4 is 10.6 Å². The Hall–Kier alpha value is -1.49. The fourth-order valence-electron chi connectivity index (χ4n) is 2.47. The van der Waals surface area contributed by atoms with Crippen LogP contribution in [0.5, 0.6) is 0 Å². The van der Waals surface area contributed by atoms with Crippen LogP contribution in [0.25, 0.3) is 0 Å². The summed E-state index contributed by atoms with van der Waals surface area (Å²) in [5, 5.41) is 6.73. The maximum atomic E-state index is 5.45. The van der Waals surface area contributed by atoms with Gasteiger partial charge in [0.05, 0.1) is 18.6 Å². The van der Waals surface area contributed by atoms with Crippen molar-refractivity contribution in [1.29, 1.82) is 0 Å². The van der Waals surface area contributed by atoms with Crippen molar-refractivity contribution in [3.8, 4) is 0 Å². The Kier molecular flexibility index (Phi) is 4.14. The minimum absolute atomic E-state index is 0.127. The van der Waals surface area contributed by atoms with E-state index < -0.39 is 0 Å². The first kappa shape index (κ1) is 13.9. The number of hydrogen-bond donors (Lipinski definition) is 2. The molecule has 1 heterocycles. The highest BCUT2D eigenvalue weighted by Crippen LogP contribution is 2.42. The summed E-state index contributed by atoms with van der Waals surface area (Å²) in [6.45, 7) is 5.13. The Labute approximate surface area is 114 Å². The van der Waals surface area contributed by atoms with E-state index in [9.17, 15) is 0 Å². The van der Waals surface area contributed by atoms with Gasteiger partial charge in [-0.25, -0.2) is 0 Å². The summed E-state index contributed by atoms with van der Waals surface area (Å²) in [7, 11) is 3.55. The van der Waals surface area contributed by atoms with E-state index in [1.165, 1.54) is 0 Å². The molecule has 0 aliphatic heterocycles. The van der Waals surface area contributed by atoms with Gasteiger partial charge in [0.1, 0.15) is 0 Å². The number of nitrogens with zero attached hydrogens (tertiary/aromatic N) is 1. The summed E-state index contributed by atoms with van der Waals surface area (Å²) in [6.07, 6.45) is 4.73. The van der Waals surface area contributed by atoms with Gasteiger partial charge in [0.25, 0.3) is 0 Å². The molecule has 0 radical (unpaired) electrons. The topological polar surface area (TPSA) is 58.8 Å². The van der Waals surface area contributed by atoms with Gasteiger partial charge >= 0.3 is 0 Å². The molecule has 0 saturated heterocycles. The molecule has 1 fully saturated rings. The van der Waals surface area contributed by atoms with E-state index in [1.54, 1.807) is 26.7 Å². The lowest BCUT2D eigenvalue weighted by atomic mass is 9.64. The summed E-state index contributed by atoms with van der Waals surface area (Å²) >= 11 is 0. The van der Waals surface area contributed by atoms with Crippen molar-refractivity contribution < 1.29 is 9.15 Å². The van der Waals surface area contributed by atoms with Crippen molar-refractivity contribution in [3.05, 3.63) is 24.2 Å². The number of ether oxygens (including phenoxy) is 1. The monoisotopic (exact) mass is 265 g/mol. The van der Waals surface area contributed by atoms with E-state index in [0.29, 0.717) is 18.7 Å². The summed E-state index contributed by atoms with van der Waals surface area (Å²) in [6, 6.07) is 2.32. The predicted molar refractivity (Wildman–Crippen MR) is 75.0 cm³/mol. The summed E-state index contributed by atoms with van der Waals surface area (Å²) in [5.74, 6) is 0.814. The molecule has 0 bridgehead atoms. The van der Waals surface area contributed by atoms with Crippen molar-refractivity contribution in [2.75, 3.05) is 14.2 Å². The van der Waals surface area contributed by atoms with Crippen molar-refractivity contribution in [1.82, 2.24) is 10.6 Å². The van der Waals surface area contributed by atoms with Gasteiger partial charge in [-0.15, -0.1) is 0 Å². The van der Waals surface area contributed by atoms with Crippen LogP contribution in [-0.2, 0) is 11.3 Å². The molecule has 106 valence electrons. The Morgan fingerprint density at radius 1 is 1.58 bits per heavy atom. The van der Waals surface area contributed by atoms with Crippen LogP contribution in [0, 0.1) is 5.41 Å². The zero-order valence-corrected chi connectivity index (χ0v) is 12.1. The van der Waals surface area contributed by atoms with E-state index in [0.717, 1.165) is 17.9 Å². The van der Waals surface area contributed by atoms with Crippen LogP contribution in [-0.4, -0.2) is 32.3 Å². The minimum atomic E-state index is 0.127. The number of nitrogens with one attached hydrogen (secondary N) is 2. The molecule has 5 heteroatoms. The molecule has 1 aromatic heterocycles. The second-order valence-electron chi connectivity index (χ2n) is 5.54.